The van der Waals surface area contributed by atoms with Gasteiger partial charge in [-0.2, -0.15) is 0 Å². The summed E-state index contributed by atoms with van der Waals surface area (Å²) >= 11 is 0. The molecule has 2 unspecified atom stereocenters. The van der Waals surface area contributed by atoms with E-state index >= 15 is 0 Å². The van der Waals surface area contributed by atoms with Crippen molar-refractivity contribution in [3.63, 3.8) is 0 Å². The van der Waals surface area contributed by atoms with Gasteiger partial charge in [0.1, 0.15) is 0 Å². The Morgan fingerprint density at radius 2 is 2.33 bits per heavy atom. The lowest BCUT2D eigenvalue weighted by molar-refractivity contribution is 0.0389. The summed E-state index contributed by atoms with van der Waals surface area (Å²) in [7, 11) is 0. The van der Waals surface area contributed by atoms with Crippen LogP contribution in [0.4, 0.5) is 0 Å². The molecule has 0 aromatic rings. The van der Waals surface area contributed by atoms with E-state index in [9.17, 15) is 5.11 Å². The number of rotatable bonds is 4. The Kier molecular flexibility index (Phi) is 4.99. The molecule has 15 heavy (non-hydrogen) atoms. The van der Waals surface area contributed by atoms with Gasteiger partial charge in [-0.15, -0.1) is 0 Å². The Morgan fingerprint density at radius 3 is 3.00 bits per heavy atom. The summed E-state index contributed by atoms with van der Waals surface area (Å²) in [6.07, 6.45) is 2.11. The molecule has 0 spiro atoms. The highest BCUT2D eigenvalue weighted by atomic mass is 16.5. The normalized spacial score (nSPS) is 28.4. The van der Waals surface area contributed by atoms with Gasteiger partial charge in [0.05, 0.1) is 11.7 Å². The molecule has 1 saturated heterocycles. The van der Waals surface area contributed by atoms with Gasteiger partial charge in [0, 0.05) is 32.8 Å². The topological polar surface area (TPSA) is 58.7 Å². The fraction of sp³-hybridized carbons (Fsp3) is 1.00. The maximum absolute atomic E-state index is 9.81. The van der Waals surface area contributed by atoms with E-state index in [2.05, 4.69) is 11.8 Å². The minimum atomic E-state index is -0.726. The molecule has 2 atom stereocenters. The Morgan fingerprint density at radius 1 is 1.60 bits per heavy atom. The number of ether oxygens (including phenoxy) is 1. The lowest BCUT2D eigenvalue weighted by Gasteiger charge is -2.27. The van der Waals surface area contributed by atoms with Crippen molar-refractivity contribution in [1.29, 1.82) is 0 Å². The van der Waals surface area contributed by atoms with E-state index in [1.54, 1.807) is 6.92 Å². The van der Waals surface area contributed by atoms with Gasteiger partial charge >= 0.3 is 0 Å². The van der Waals surface area contributed by atoms with Crippen molar-refractivity contribution in [3.05, 3.63) is 0 Å². The molecule has 0 bridgehead atoms. The maximum atomic E-state index is 9.81. The molecule has 0 aromatic carbocycles. The summed E-state index contributed by atoms with van der Waals surface area (Å²) in [4.78, 5) is 2.35. The molecule has 1 fully saturated rings. The summed E-state index contributed by atoms with van der Waals surface area (Å²) in [5.41, 5.74) is 4.76. The first-order valence-corrected chi connectivity index (χ1v) is 5.80. The molecule has 1 rings (SSSR count). The van der Waals surface area contributed by atoms with Crippen LogP contribution in [-0.4, -0.2) is 54.5 Å². The molecular formula is C11H24N2O2. The molecule has 3 N–H and O–H groups in total. The van der Waals surface area contributed by atoms with Crippen molar-refractivity contribution in [2.45, 2.75) is 38.4 Å². The molecule has 0 radical (unpaired) electrons. The van der Waals surface area contributed by atoms with Crippen LogP contribution >= 0.6 is 0 Å². The van der Waals surface area contributed by atoms with Gasteiger partial charge in [-0.1, -0.05) is 0 Å². The van der Waals surface area contributed by atoms with Crippen molar-refractivity contribution in [1.82, 2.24) is 4.90 Å². The Bertz CT molecular complexity index is 185. The number of aliphatic hydroxyl groups is 1. The zero-order chi connectivity index (χ0) is 11.3. The zero-order valence-corrected chi connectivity index (χ0v) is 9.91. The van der Waals surface area contributed by atoms with E-state index in [1.165, 1.54) is 0 Å². The molecule has 1 aliphatic rings. The first-order chi connectivity index (χ1) is 7.03. The monoisotopic (exact) mass is 216 g/mol. The number of nitrogens with two attached hydrogens (primary N) is 1. The van der Waals surface area contributed by atoms with E-state index in [-0.39, 0.29) is 0 Å². The van der Waals surface area contributed by atoms with Crippen molar-refractivity contribution < 1.29 is 9.84 Å². The van der Waals surface area contributed by atoms with E-state index in [1.807, 2.05) is 0 Å². The maximum Gasteiger partial charge on any atom is 0.0753 e. The van der Waals surface area contributed by atoms with E-state index in [0.29, 0.717) is 12.6 Å². The van der Waals surface area contributed by atoms with Gasteiger partial charge in [0.2, 0.25) is 0 Å². The van der Waals surface area contributed by atoms with Crippen molar-refractivity contribution in [2.75, 3.05) is 32.8 Å². The SMILES string of the molecule is CC1CN(CCC(C)(O)CN)CCCO1. The fourth-order valence-corrected chi connectivity index (χ4v) is 1.78. The van der Waals surface area contributed by atoms with Crippen LogP contribution in [0, 0.1) is 0 Å². The third-order valence-corrected chi connectivity index (χ3v) is 2.94. The van der Waals surface area contributed by atoms with Crippen LogP contribution in [0.5, 0.6) is 0 Å². The molecule has 0 amide bonds. The van der Waals surface area contributed by atoms with Crippen LogP contribution in [0.25, 0.3) is 0 Å². The Balaban J connectivity index is 2.30. The summed E-state index contributed by atoms with van der Waals surface area (Å²) in [5, 5.41) is 9.81. The average molecular weight is 216 g/mol. The molecule has 90 valence electrons. The van der Waals surface area contributed by atoms with Crippen molar-refractivity contribution in [2.24, 2.45) is 5.73 Å². The minimum Gasteiger partial charge on any atom is -0.389 e. The van der Waals surface area contributed by atoms with E-state index in [4.69, 9.17) is 10.5 Å². The van der Waals surface area contributed by atoms with Gasteiger partial charge in [-0.3, -0.25) is 0 Å². The molecule has 0 aliphatic carbocycles. The van der Waals surface area contributed by atoms with Crippen LogP contribution in [0.3, 0.4) is 0 Å². The van der Waals surface area contributed by atoms with E-state index < -0.39 is 5.60 Å². The standard InChI is InChI=1S/C11H24N2O2/c1-10-8-13(5-3-7-15-10)6-4-11(2,14)9-12/h10,14H,3-9,12H2,1-2H3. The molecular weight excluding hydrogens is 192 g/mol. The molecule has 0 saturated carbocycles. The molecule has 1 heterocycles. The minimum absolute atomic E-state index is 0.301. The van der Waals surface area contributed by atoms with Crippen LogP contribution < -0.4 is 5.73 Å². The van der Waals surface area contributed by atoms with Crippen molar-refractivity contribution >= 4 is 0 Å². The van der Waals surface area contributed by atoms with Gasteiger partial charge < -0.3 is 20.5 Å². The second kappa shape index (κ2) is 5.80. The fourth-order valence-electron chi connectivity index (χ4n) is 1.78. The summed E-state index contributed by atoms with van der Waals surface area (Å²) < 4.78 is 5.56. The smallest absolute Gasteiger partial charge is 0.0753 e. The van der Waals surface area contributed by atoms with Crippen LogP contribution in [0.1, 0.15) is 26.7 Å². The highest BCUT2D eigenvalue weighted by Crippen LogP contribution is 2.11. The first kappa shape index (κ1) is 12.9. The molecule has 0 aromatic heterocycles. The van der Waals surface area contributed by atoms with Gasteiger partial charge in [-0.25, -0.2) is 0 Å². The van der Waals surface area contributed by atoms with Crippen LogP contribution in [0.15, 0.2) is 0 Å². The van der Waals surface area contributed by atoms with Crippen LogP contribution in [-0.2, 0) is 4.74 Å². The summed E-state index contributed by atoms with van der Waals surface area (Å²) in [5.74, 6) is 0. The zero-order valence-electron chi connectivity index (χ0n) is 9.91. The average Bonchev–Trinajstić information content (AvgIpc) is 2.40. The van der Waals surface area contributed by atoms with E-state index in [0.717, 1.165) is 39.1 Å². The Hall–Kier alpha value is -0.160. The number of nitrogens with zero attached hydrogens (tertiary/aromatic N) is 1. The van der Waals surface area contributed by atoms with Crippen LogP contribution in [0.2, 0.25) is 0 Å². The predicted octanol–water partition coefficient (Wildman–Crippen LogP) is 0.197. The molecule has 1 aliphatic heterocycles. The second-order valence-corrected chi connectivity index (χ2v) is 4.79. The highest BCUT2D eigenvalue weighted by Gasteiger charge is 2.21. The molecule has 4 nitrogen and oxygen atoms in total. The van der Waals surface area contributed by atoms with Gasteiger partial charge in [-0.05, 0) is 26.7 Å². The second-order valence-electron chi connectivity index (χ2n) is 4.79. The molecule has 4 heteroatoms. The van der Waals surface area contributed by atoms with Crippen molar-refractivity contribution in [3.8, 4) is 0 Å². The Labute approximate surface area is 92.4 Å². The lowest BCUT2D eigenvalue weighted by Crippen LogP contribution is -2.40. The summed E-state index contributed by atoms with van der Waals surface area (Å²) in [6.45, 7) is 7.99. The highest BCUT2D eigenvalue weighted by molar-refractivity contribution is 4.76. The first-order valence-electron chi connectivity index (χ1n) is 5.80. The predicted molar refractivity (Wildman–Crippen MR) is 60.8 cm³/mol. The third-order valence-electron chi connectivity index (χ3n) is 2.94. The largest absolute Gasteiger partial charge is 0.389 e. The quantitative estimate of drug-likeness (QED) is 0.704. The number of hydrogen-bond donors (Lipinski definition) is 2. The van der Waals surface area contributed by atoms with Gasteiger partial charge in [0.15, 0.2) is 0 Å². The number of hydrogen-bond acceptors (Lipinski definition) is 4. The third kappa shape index (κ3) is 4.93. The lowest BCUT2D eigenvalue weighted by atomic mass is 10.0. The van der Waals surface area contributed by atoms with Gasteiger partial charge in [0.25, 0.3) is 0 Å². The summed E-state index contributed by atoms with van der Waals surface area (Å²) in [6, 6.07) is 0.